The number of nitrogens with zero attached hydrogens (tertiary/aromatic N) is 2. The third kappa shape index (κ3) is 3.94. The van der Waals surface area contributed by atoms with Crippen molar-refractivity contribution in [2.24, 2.45) is 0 Å². The Morgan fingerprint density at radius 1 is 1.17 bits per heavy atom. The number of hydrogen-bond acceptors (Lipinski definition) is 3. The van der Waals surface area contributed by atoms with Crippen molar-refractivity contribution in [3.05, 3.63) is 54.4 Å². The maximum atomic E-state index is 12.9. The molecule has 0 unspecified atom stereocenters. The van der Waals surface area contributed by atoms with Gasteiger partial charge >= 0.3 is 0 Å². The Hall–Kier alpha value is -2.36. The van der Waals surface area contributed by atoms with Crippen LogP contribution < -0.4 is 10.2 Å². The molecular formula is C20H25N3O. The van der Waals surface area contributed by atoms with Crippen LogP contribution in [0.4, 0.5) is 11.4 Å². The largest absolute Gasteiger partial charge is 0.381 e. The summed E-state index contributed by atoms with van der Waals surface area (Å²) < 4.78 is 0. The smallest absolute Gasteiger partial charge is 0.259 e. The normalized spacial score (nSPS) is 15.0. The van der Waals surface area contributed by atoms with Crippen molar-refractivity contribution in [3.63, 3.8) is 0 Å². The number of benzene rings is 1. The second-order valence-electron chi connectivity index (χ2n) is 6.33. The Morgan fingerprint density at radius 2 is 1.92 bits per heavy atom. The molecule has 2 aromatic rings. The monoisotopic (exact) mass is 323 g/mol. The maximum Gasteiger partial charge on any atom is 0.259 e. The van der Waals surface area contributed by atoms with Gasteiger partial charge in [-0.05, 0) is 38.0 Å². The lowest BCUT2D eigenvalue weighted by Gasteiger charge is -2.24. The number of rotatable bonds is 5. The van der Waals surface area contributed by atoms with Crippen LogP contribution in [-0.4, -0.2) is 23.5 Å². The summed E-state index contributed by atoms with van der Waals surface area (Å²) in [7, 11) is 0. The van der Waals surface area contributed by atoms with Gasteiger partial charge in [0.15, 0.2) is 0 Å². The zero-order valence-corrected chi connectivity index (χ0v) is 14.2. The summed E-state index contributed by atoms with van der Waals surface area (Å²) in [5.41, 5.74) is 2.48. The molecule has 1 amide bonds. The van der Waals surface area contributed by atoms with Crippen LogP contribution in [-0.2, 0) is 0 Å². The van der Waals surface area contributed by atoms with Crippen LogP contribution in [0.2, 0.25) is 0 Å². The average molecular weight is 323 g/mol. The highest BCUT2D eigenvalue weighted by Gasteiger charge is 2.18. The molecule has 1 aromatic carbocycles. The van der Waals surface area contributed by atoms with Gasteiger partial charge in [-0.1, -0.05) is 37.5 Å². The number of carbonyl (C=O) groups is 1. The number of nitrogens with one attached hydrogen (secondary N) is 1. The fourth-order valence-electron chi connectivity index (χ4n) is 3.33. The molecule has 0 radical (unpaired) electrons. The van der Waals surface area contributed by atoms with Gasteiger partial charge in [-0.2, -0.15) is 0 Å². The van der Waals surface area contributed by atoms with E-state index >= 15 is 0 Å². The number of para-hydroxylation sites is 1. The SMILES string of the molecule is CCN(C(=O)c1cncc(NC2CCCCC2)c1)c1ccccc1. The summed E-state index contributed by atoms with van der Waals surface area (Å²) in [6, 6.07) is 12.2. The topological polar surface area (TPSA) is 45.2 Å². The number of amides is 1. The van der Waals surface area contributed by atoms with E-state index in [1.807, 2.05) is 49.5 Å². The number of aromatic nitrogens is 1. The Balaban J connectivity index is 1.75. The Kier molecular flexibility index (Phi) is 5.47. The number of pyridine rings is 1. The minimum Gasteiger partial charge on any atom is -0.381 e. The van der Waals surface area contributed by atoms with Crippen LogP contribution in [0.1, 0.15) is 49.4 Å². The predicted molar refractivity (Wildman–Crippen MR) is 98.5 cm³/mol. The molecule has 0 bridgehead atoms. The van der Waals surface area contributed by atoms with Gasteiger partial charge in [-0.15, -0.1) is 0 Å². The lowest BCUT2D eigenvalue weighted by atomic mass is 9.95. The van der Waals surface area contributed by atoms with Gasteiger partial charge in [0.2, 0.25) is 0 Å². The third-order valence-electron chi connectivity index (χ3n) is 4.59. The van der Waals surface area contributed by atoms with E-state index in [2.05, 4.69) is 10.3 Å². The lowest BCUT2D eigenvalue weighted by Crippen LogP contribution is -2.30. The highest BCUT2D eigenvalue weighted by Crippen LogP contribution is 2.22. The maximum absolute atomic E-state index is 12.9. The van der Waals surface area contributed by atoms with E-state index in [0.29, 0.717) is 18.2 Å². The molecule has 1 N–H and O–H groups in total. The Labute approximate surface area is 143 Å². The van der Waals surface area contributed by atoms with Gasteiger partial charge in [0.25, 0.3) is 5.91 Å². The van der Waals surface area contributed by atoms with Crippen molar-refractivity contribution in [3.8, 4) is 0 Å². The molecule has 24 heavy (non-hydrogen) atoms. The molecule has 1 heterocycles. The van der Waals surface area contributed by atoms with Crippen molar-refractivity contribution < 1.29 is 4.79 Å². The quantitative estimate of drug-likeness (QED) is 0.881. The van der Waals surface area contributed by atoms with Crippen molar-refractivity contribution in [1.82, 2.24) is 4.98 Å². The molecule has 1 saturated carbocycles. The lowest BCUT2D eigenvalue weighted by molar-refractivity contribution is 0.0988. The summed E-state index contributed by atoms with van der Waals surface area (Å²) in [6.45, 7) is 2.62. The Morgan fingerprint density at radius 3 is 2.62 bits per heavy atom. The summed E-state index contributed by atoms with van der Waals surface area (Å²) in [5.74, 6) is -0.0107. The summed E-state index contributed by atoms with van der Waals surface area (Å²) in [4.78, 5) is 18.9. The van der Waals surface area contributed by atoms with Crippen LogP contribution in [0, 0.1) is 0 Å². The predicted octanol–water partition coefficient (Wildman–Crippen LogP) is 4.49. The zero-order chi connectivity index (χ0) is 16.8. The second-order valence-corrected chi connectivity index (χ2v) is 6.33. The molecular weight excluding hydrogens is 298 g/mol. The molecule has 0 aliphatic heterocycles. The van der Waals surface area contributed by atoms with Crippen molar-refractivity contribution in [2.75, 3.05) is 16.8 Å². The van der Waals surface area contributed by atoms with E-state index in [1.165, 1.54) is 32.1 Å². The first kappa shape index (κ1) is 16.5. The summed E-state index contributed by atoms with van der Waals surface area (Å²) in [6.07, 6.45) is 9.75. The second kappa shape index (κ2) is 7.95. The number of carbonyl (C=O) groups excluding carboxylic acids is 1. The van der Waals surface area contributed by atoms with Crippen LogP contribution >= 0.6 is 0 Å². The molecule has 1 fully saturated rings. The van der Waals surface area contributed by atoms with Gasteiger partial charge in [0, 0.05) is 30.7 Å². The van der Waals surface area contributed by atoms with Crippen LogP contribution in [0.25, 0.3) is 0 Å². The van der Waals surface area contributed by atoms with Crippen molar-refractivity contribution in [2.45, 2.75) is 45.1 Å². The van der Waals surface area contributed by atoms with E-state index in [0.717, 1.165) is 11.4 Å². The molecule has 0 spiro atoms. The molecule has 4 nitrogen and oxygen atoms in total. The van der Waals surface area contributed by atoms with Gasteiger partial charge < -0.3 is 10.2 Å². The highest BCUT2D eigenvalue weighted by atomic mass is 16.2. The average Bonchev–Trinajstić information content (AvgIpc) is 2.64. The van der Waals surface area contributed by atoms with E-state index in [9.17, 15) is 4.79 Å². The van der Waals surface area contributed by atoms with Crippen LogP contribution in [0.3, 0.4) is 0 Å². The van der Waals surface area contributed by atoms with Crippen LogP contribution in [0.5, 0.6) is 0 Å². The molecule has 0 saturated heterocycles. The fourth-order valence-corrected chi connectivity index (χ4v) is 3.33. The van der Waals surface area contributed by atoms with Crippen LogP contribution in [0.15, 0.2) is 48.8 Å². The van der Waals surface area contributed by atoms with Gasteiger partial charge in [-0.25, -0.2) is 0 Å². The van der Waals surface area contributed by atoms with E-state index in [1.54, 1.807) is 11.1 Å². The molecule has 4 heteroatoms. The minimum atomic E-state index is -0.0107. The highest BCUT2D eigenvalue weighted by molar-refractivity contribution is 6.06. The van der Waals surface area contributed by atoms with Gasteiger partial charge in [0.05, 0.1) is 11.3 Å². The van der Waals surface area contributed by atoms with Crippen molar-refractivity contribution in [1.29, 1.82) is 0 Å². The first-order valence-electron chi connectivity index (χ1n) is 8.86. The molecule has 1 aliphatic carbocycles. The standard InChI is InChI=1S/C20H25N3O/c1-2-23(19-11-7-4-8-12-19)20(24)16-13-18(15-21-14-16)22-17-9-5-3-6-10-17/h4,7-8,11-15,17,22H,2-3,5-6,9-10H2,1H3. The van der Waals surface area contributed by atoms with Crippen molar-refractivity contribution >= 4 is 17.3 Å². The summed E-state index contributed by atoms with van der Waals surface area (Å²) >= 11 is 0. The molecule has 1 aromatic heterocycles. The van der Waals surface area contributed by atoms with E-state index < -0.39 is 0 Å². The fraction of sp³-hybridized carbons (Fsp3) is 0.400. The zero-order valence-electron chi connectivity index (χ0n) is 14.2. The minimum absolute atomic E-state index is 0.0107. The molecule has 126 valence electrons. The number of anilines is 2. The van der Waals surface area contributed by atoms with Gasteiger partial charge in [0.1, 0.15) is 0 Å². The Bertz CT molecular complexity index is 666. The van der Waals surface area contributed by atoms with Gasteiger partial charge in [-0.3, -0.25) is 9.78 Å². The third-order valence-corrected chi connectivity index (χ3v) is 4.59. The first-order valence-corrected chi connectivity index (χ1v) is 8.86. The first-order chi connectivity index (χ1) is 11.8. The number of hydrogen-bond donors (Lipinski definition) is 1. The van der Waals surface area contributed by atoms with E-state index in [4.69, 9.17) is 0 Å². The van der Waals surface area contributed by atoms with E-state index in [-0.39, 0.29) is 5.91 Å². The summed E-state index contributed by atoms with van der Waals surface area (Å²) in [5, 5.41) is 3.54. The molecule has 3 rings (SSSR count). The molecule has 1 aliphatic rings. The molecule has 0 atom stereocenters.